The van der Waals surface area contributed by atoms with Crippen molar-refractivity contribution in [2.75, 3.05) is 0 Å². The average molecular weight is 396 g/mol. The molecule has 8 heteroatoms. The van der Waals surface area contributed by atoms with Crippen LogP contribution in [0.5, 0.6) is 0 Å². The van der Waals surface area contributed by atoms with Gasteiger partial charge in [-0.3, -0.25) is 25.2 Å². The van der Waals surface area contributed by atoms with Gasteiger partial charge in [0.25, 0.3) is 11.5 Å². The van der Waals surface area contributed by atoms with E-state index >= 15 is 0 Å². The molecule has 2 atom stereocenters. The molecule has 8 nitrogen and oxygen atoms in total. The van der Waals surface area contributed by atoms with Crippen LogP contribution >= 0.6 is 0 Å². The Balaban J connectivity index is 1.27. The van der Waals surface area contributed by atoms with Crippen molar-refractivity contribution in [3.8, 4) is 0 Å². The van der Waals surface area contributed by atoms with Gasteiger partial charge in [-0.2, -0.15) is 5.10 Å². The summed E-state index contributed by atoms with van der Waals surface area (Å²) in [5, 5.41) is 17.8. The number of aromatic nitrogens is 2. The number of carbonyl (C=O) groups excluding carboxylic acids is 2. The Bertz CT molecular complexity index is 1050. The predicted octanol–water partition coefficient (Wildman–Crippen LogP) is 1.41. The molecule has 2 unspecified atom stereocenters. The van der Waals surface area contributed by atoms with E-state index in [9.17, 15) is 19.5 Å². The minimum atomic E-state index is -0.619. The van der Waals surface area contributed by atoms with Gasteiger partial charge in [-0.05, 0) is 61.8 Å². The highest BCUT2D eigenvalue weighted by molar-refractivity contribution is 6.05. The van der Waals surface area contributed by atoms with Crippen molar-refractivity contribution < 1.29 is 14.7 Å². The first-order valence-corrected chi connectivity index (χ1v) is 10.1. The van der Waals surface area contributed by atoms with Crippen molar-refractivity contribution in [3.63, 3.8) is 0 Å². The predicted molar refractivity (Wildman–Crippen MR) is 105 cm³/mol. The number of nitrogens with one attached hydrogen (secondary N) is 3. The molecular weight excluding hydrogens is 372 g/mol. The molecule has 4 aliphatic rings. The topological polar surface area (TPSA) is 124 Å². The molecule has 2 aromatic rings. The Hall–Kier alpha value is -2.74. The van der Waals surface area contributed by atoms with Crippen LogP contribution in [0.4, 0.5) is 0 Å². The van der Waals surface area contributed by atoms with Crippen LogP contribution in [0.15, 0.2) is 29.1 Å². The van der Waals surface area contributed by atoms with E-state index in [2.05, 4.69) is 21.0 Å². The molecular formula is C21H24N4O4. The number of hydrogen-bond acceptors (Lipinski definition) is 5. The number of nitrogens with zero attached hydrogens (tertiary/aromatic N) is 1. The van der Waals surface area contributed by atoms with Crippen molar-refractivity contribution in [1.82, 2.24) is 21.0 Å². The fraction of sp³-hybridized carbons (Fsp3) is 0.524. The zero-order valence-corrected chi connectivity index (χ0v) is 16.0. The van der Waals surface area contributed by atoms with Crippen molar-refractivity contribution in [3.05, 3.63) is 40.3 Å². The number of aromatic amines is 1. The van der Waals surface area contributed by atoms with Gasteiger partial charge < -0.3 is 5.11 Å². The molecule has 6 rings (SSSR count). The summed E-state index contributed by atoms with van der Waals surface area (Å²) in [5.41, 5.74) is 3.80. The summed E-state index contributed by atoms with van der Waals surface area (Å²) in [6.45, 7) is 0. The van der Waals surface area contributed by atoms with E-state index in [1.165, 1.54) is 0 Å². The number of H-pyrrole nitrogens is 1. The second-order valence-corrected chi connectivity index (χ2v) is 9.31. The van der Waals surface area contributed by atoms with E-state index in [1.807, 2.05) is 0 Å². The van der Waals surface area contributed by atoms with E-state index in [1.54, 1.807) is 24.3 Å². The summed E-state index contributed by atoms with van der Waals surface area (Å²) in [5.74, 6) is 0.147. The smallest absolute Gasteiger partial charge is 0.290 e. The summed E-state index contributed by atoms with van der Waals surface area (Å²) in [7, 11) is 0. The maximum absolute atomic E-state index is 12.6. The Kier molecular flexibility index (Phi) is 4.03. The molecule has 29 heavy (non-hydrogen) atoms. The lowest BCUT2D eigenvalue weighted by Crippen LogP contribution is -2.57. The van der Waals surface area contributed by atoms with Gasteiger partial charge in [0.15, 0.2) is 5.69 Å². The fourth-order valence-corrected chi connectivity index (χ4v) is 6.47. The van der Waals surface area contributed by atoms with Crippen LogP contribution in [0.25, 0.3) is 10.8 Å². The van der Waals surface area contributed by atoms with E-state index in [0.717, 1.165) is 32.1 Å². The minimum absolute atomic E-state index is 0.0459. The number of aliphatic hydroxyl groups is 1. The van der Waals surface area contributed by atoms with E-state index in [0.29, 0.717) is 35.4 Å². The third-order valence-electron chi connectivity index (χ3n) is 6.91. The van der Waals surface area contributed by atoms with Crippen molar-refractivity contribution in [2.24, 2.45) is 17.3 Å². The number of hydrazine groups is 1. The summed E-state index contributed by atoms with van der Waals surface area (Å²) >= 11 is 0. The second kappa shape index (κ2) is 6.38. The molecule has 4 aliphatic carbocycles. The standard InChI is InChI=1S/C21H24N4O4/c26-16(10-20-6-12-5-13(7-20)9-21(29,8-12)11-20)22-25-19(28)17-14-3-1-2-4-15(14)18(27)24-23-17/h1-4,12-13,29H,5-11H2,(H,22,26)(H,24,27)(H,25,28). The van der Waals surface area contributed by atoms with Crippen molar-refractivity contribution >= 4 is 22.6 Å². The lowest BCUT2D eigenvalue weighted by atomic mass is 9.47. The number of hydrogen-bond donors (Lipinski definition) is 4. The molecule has 2 amide bonds. The van der Waals surface area contributed by atoms with Crippen LogP contribution in [0.1, 0.15) is 55.4 Å². The number of carbonyl (C=O) groups is 2. The highest BCUT2D eigenvalue weighted by Crippen LogP contribution is 2.62. The van der Waals surface area contributed by atoms with E-state index in [4.69, 9.17) is 0 Å². The maximum atomic E-state index is 12.6. The van der Waals surface area contributed by atoms with Gasteiger partial charge in [-0.25, -0.2) is 5.10 Å². The first-order chi connectivity index (χ1) is 13.8. The number of amides is 2. The fourth-order valence-electron chi connectivity index (χ4n) is 6.47. The third-order valence-corrected chi connectivity index (χ3v) is 6.91. The second-order valence-electron chi connectivity index (χ2n) is 9.31. The lowest BCUT2D eigenvalue weighted by Gasteiger charge is -2.60. The average Bonchev–Trinajstić information content (AvgIpc) is 2.64. The maximum Gasteiger partial charge on any atom is 0.290 e. The first kappa shape index (κ1) is 18.3. The Labute approximate surface area is 167 Å². The number of rotatable bonds is 3. The molecule has 4 fully saturated rings. The van der Waals surface area contributed by atoms with E-state index in [-0.39, 0.29) is 22.6 Å². The normalized spacial score (nSPS) is 32.3. The van der Waals surface area contributed by atoms with Crippen LogP contribution in [-0.4, -0.2) is 32.7 Å². The van der Waals surface area contributed by atoms with Crippen LogP contribution in [-0.2, 0) is 4.79 Å². The largest absolute Gasteiger partial charge is 0.390 e. The van der Waals surface area contributed by atoms with Gasteiger partial charge in [0.05, 0.1) is 11.0 Å². The van der Waals surface area contributed by atoms with Crippen LogP contribution in [0, 0.1) is 17.3 Å². The number of benzene rings is 1. The molecule has 0 saturated heterocycles. The van der Waals surface area contributed by atoms with Crippen LogP contribution in [0.3, 0.4) is 0 Å². The molecule has 0 spiro atoms. The molecule has 4 bridgehead atoms. The van der Waals surface area contributed by atoms with Crippen LogP contribution in [0.2, 0.25) is 0 Å². The molecule has 1 aromatic carbocycles. The summed E-state index contributed by atoms with van der Waals surface area (Å²) in [6, 6.07) is 6.68. The molecule has 1 aromatic heterocycles. The molecule has 4 saturated carbocycles. The summed E-state index contributed by atoms with van der Waals surface area (Å²) in [6.07, 6.45) is 5.78. The third kappa shape index (κ3) is 3.21. The van der Waals surface area contributed by atoms with Crippen molar-refractivity contribution in [1.29, 1.82) is 0 Å². The monoisotopic (exact) mass is 396 g/mol. The van der Waals surface area contributed by atoms with Crippen molar-refractivity contribution in [2.45, 2.75) is 50.5 Å². The van der Waals surface area contributed by atoms with Crippen LogP contribution < -0.4 is 16.4 Å². The zero-order chi connectivity index (χ0) is 20.2. The quantitative estimate of drug-likeness (QED) is 0.584. The molecule has 0 aliphatic heterocycles. The van der Waals surface area contributed by atoms with Gasteiger partial charge in [-0.15, -0.1) is 0 Å². The molecule has 0 radical (unpaired) electrons. The van der Waals surface area contributed by atoms with Gasteiger partial charge in [-0.1, -0.05) is 18.2 Å². The highest BCUT2D eigenvalue weighted by Gasteiger charge is 2.57. The van der Waals surface area contributed by atoms with Gasteiger partial charge in [0.2, 0.25) is 5.91 Å². The Morgan fingerprint density at radius 2 is 1.79 bits per heavy atom. The number of fused-ring (bicyclic) bond motifs is 1. The highest BCUT2D eigenvalue weighted by atomic mass is 16.3. The van der Waals surface area contributed by atoms with Gasteiger partial charge in [0, 0.05) is 11.8 Å². The van der Waals surface area contributed by atoms with Gasteiger partial charge in [0.1, 0.15) is 0 Å². The molecule has 4 N–H and O–H groups in total. The zero-order valence-electron chi connectivity index (χ0n) is 16.0. The lowest BCUT2D eigenvalue weighted by molar-refractivity contribution is -0.169. The summed E-state index contributed by atoms with van der Waals surface area (Å²) < 4.78 is 0. The van der Waals surface area contributed by atoms with Gasteiger partial charge >= 0.3 is 0 Å². The molecule has 152 valence electrons. The Morgan fingerprint density at radius 1 is 1.10 bits per heavy atom. The SMILES string of the molecule is O=C(CC12CC3CC(CC(O)(C3)C1)C2)NNC(=O)c1n[nH]c(=O)c2ccccc12. The first-order valence-electron chi connectivity index (χ1n) is 10.1. The van der Waals surface area contributed by atoms with E-state index < -0.39 is 11.5 Å². The summed E-state index contributed by atoms with van der Waals surface area (Å²) in [4.78, 5) is 37.0. The molecule has 1 heterocycles. The Morgan fingerprint density at radius 3 is 2.48 bits per heavy atom. The minimum Gasteiger partial charge on any atom is -0.390 e.